The molecule has 3 nitrogen and oxygen atoms in total. The van der Waals surface area contributed by atoms with Gasteiger partial charge in [0.25, 0.3) is 0 Å². The average molecular weight is 359 g/mol. The van der Waals surface area contributed by atoms with E-state index in [1.54, 1.807) is 6.20 Å². The molecule has 2 aromatic carbocycles. The quantitative estimate of drug-likeness (QED) is 0.395. The maximum absolute atomic E-state index is 4.79. The molecule has 0 spiro atoms. The standard InChI is InChI=1S/C25H17N3/c1-2-8-18(9-3-1)25-21-11-5-4-10-20(21)22(17-28-25)19-13-14-24(27-16-19)23-12-6-7-15-26-23/h1-17H. The summed E-state index contributed by atoms with van der Waals surface area (Å²) in [6.07, 6.45) is 5.63. The van der Waals surface area contributed by atoms with Crippen LogP contribution in [-0.4, -0.2) is 15.0 Å². The van der Waals surface area contributed by atoms with Crippen molar-refractivity contribution in [2.45, 2.75) is 0 Å². The summed E-state index contributed by atoms with van der Waals surface area (Å²) in [6, 6.07) is 28.6. The first-order chi connectivity index (χ1) is 13.9. The third kappa shape index (κ3) is 2.93. The molecule has 0 aliphatic carbocycles. The second-order valence-corrected chi connectivity index (χ2v) is 6.58. The Hall–Kier alpha value is -3.85. The Morgan fingerprint density at radius 2 is 1.21 bits per heavy atom. The summed E-state index contributed by atoms with van der Waals surface area (Å²) >= 11 is 0. The van der Waals surface area contributed by atoms with Crippen LogP contribution in [0.4, 0.5) is 0 Å². The van der Waals surface area contributed by atoms with Crippen LogP contribution in [-0.2, 0) is 0 Å². The second kappa shape index (κ2) is 7.05. The minimum Gasteiger partial charge on any atom is -0.255 e. The lowest BCUT2D eigenvalue weighted by Crippen LogP contribution is -1.91. The molecule has 132 valence electrons. The number of pyridine rings is 3. The molecule has 0 aliphatic heterocycles. The van der Waals surface area contributed by atoms with E-state index < -0.39 is 0 Å². The zero-order chi connectivity index (χ0) is 18.8. The van der Waals surface area contributed by atoms with E-state index in [0.29, 0.717) is 0 Å². The lowest BCUT2D eigenvalue weighted by molar-refractivity contribution is 1.25. The Kier molecular flexibility index (Phi) is 4.11. The highest BCUT2D eigenvalue weighted by Gasteiger charge is 2.11. The first-order valence-electron chi connectivity index (χ1n) is 9.21. The van der Waals surface area contributed by atoms with Crippen molar-refractivity contribution in [2.24, 2.45) is 0 Å². The molecule has 3 heteroatoms. The second-order valence-electron chi connectivity index (χ2n) is 6.58. The van der Waals surface area contributed by atoms with Crippen LogP contribution in [0, 0.1) is 0 Å². The maximum Gasteiger partial charge on any atom is 0.0886 e. The molecule has 0 unspecified atom stereocenters. The fourth-order valence-corrected chi connectivity index (χ4v) is 3.47. The van der Waals surface area contributed by atoms with Crippen molar-refractivity contribution in [3.63, 3.8) is 0 Å². The average Bonchev–Trinajstić information content (AvgIpc) is 2.80. The molecule has 0 radical (unpaired) electrons. The van der Waals surface area contributed by atoms with Crippen LogP contribution in [0.3, 0.4) is 0 Å². The molecule has 3 aromatic heterocycles. The molecule has 0 bridgehead atoms. The van der Waals surface area contributed by atoms with Crippen LogP contribution in [0.25, 0.3) is 44.5 Å². The van der Waals surface area contributed by atoms with Crippen LogP contribution < -0.4 is 0 Å². The monoisotopic (exact) mass is 359 g/mol. The van der Waals surface area contributed by atoms with Gasteiger partial charge in [-0.05, 0) is 23.6 Å². The van der Waals surface area contributed by atoms with Gasteiger partial charge in [0.1, 0.15) is 0 Å². The molecule has 0 amide bonds. The molecule has 3 heterocycles. The molecule has 0 fully saturated rings. The lowest BCUT2D eigenvalue weighted by Gasteiger charge is -2.11. The summed E-state index contributed by atoms with van der Waals surface area (Å²) in [7, 11) is 0. The van der Waals surface area contributed by atoms with Gasteiger partial charge in [0.2, 0.25) is 0 Å². The van der Waals surface area contributed by atoms with Crippen LogP contribution >= 0.6 is 0 Å². The van der Waals surface area contributed by atoms with Crippen molar-refractivity contribution in [1.82, 2.24) is 15.0 Å². The molecule has 5 aromatic rings. The van der Waals surface area contributed by atoms with Crippen molar-refractivity contribution < 1.29 is 0 Å². The van der Waals surface area contributed by atoms with Gasteiger partial charge in [0, 0.05) is 40.7 Å². The van der Waals surface area contributed by atoms with Crippen molar-refractivity contribution in [1.29, 1.82) is 0 Å². The molecular weight excluding hydrogens is 342 g/mol. The van der Waals surface area contributed by atoms with Crippen LogP contribution in [0.1, 0.15) is 0 Å². The van der Waals surface area contributed by atoms with Crippen molar-refractivity contribution in [3.05, 3.63) is 104 Å². The molecule has 0 aliphatic rings. The summed E-state index contributed by atoms with van der Waals surface area (Å²) in [5.41, 5.74) is 5.98. The number of rotatable bonds is 3. The van der Waals surface area contributed by atoms with Crippen LogP contribution in [0.15, 0.2) is 104 Å². The fourth-order valence-electron chi connectivity index (χ4n) is 3.47. The number of benzene rings is 2. The summed E-state index contributed by atoms with van der Waals surface area (Å²) < 4.78 is 0. The Morgan fingerprint density at radius 3 is 1.96 bits per heavy atom. The van der Waals surface area contributed by atoms with Gasteiger partial charge < -0.3 is 0 Å². The highest BCUT2D eigenvalue weighted by molar-refractivity contribution is 6.03. The molecular formula is C25H17N3. The van der Waals surface area contributed by atoms with Gasteiger partial charge in [0.05, 0.1) is 17.1 Å². The van der Waals surface area contributed by atoms with Gasteiger partial charge in [0.15, 0.2) is 0 Å². The largest absolute Gasteiger partial charge is 0.255 e. The van der Waals surface area contributed by atoms with Gasteiger partial charge in [-0.15, -0.1) is 0 Å². The van der Waals surface area contributed by atoms with Gasteiger partial charge in [-0.2, -0.15) is 0 Å². The predicted octanol–water partition coefficient (Wildman–Crippen LogP) is 6.03. The summed E-state index contributed by atoms with van der Waals surface area (Å²) in [5.74, 6) is 0. The Bertz CT molecular complexity index is 1230. The molecule has 28 heavy (non-hydrogen) atoms. The van der Waals surface area contributed by atoms with Gasteiger partial charge >= 0.3 is 0 Å². The van der Waals surface area contributed by atoms with Gasteiger partial charge in [-0.1, -0.05) is 66.7 Å². The zero-order valence-electron chi connectivity index (χ0n) is 15.2. The summed E-state index contributed by atoms with van der Waals surface area (Å²) in [5, 5.41) is 2.31. The van der Waals surface area contributed by atoms with Gasteiger partial charge in [-0.25, -0.2) is 0 Å². The Morgan fingerprint density at radius 1 is 0.464 bits per heavy atom. The number of hydrogen-bond acceptors (Lipinski definition) is 3. The minimum absolute atomic E-state index is 0.863. The van der Waals surface area contributed by atoms with E-state index in [0.717, 1.165) is 39.2 Å². The Balaban J connectivity index is 1.62. The number of hydrogen-bond donors (Lipinski definition) is 0. The SMILES string of the molecule is c1ccc(-c2ncc(-c3ccc(-c4ccccn4)nc3)c3ccccc23)cc1. The van der Waals surface area contributed by atoms with E-state index in [4.69, 9.17) is 4.98 Å². The highest BCUT2D eigenvalue weighted by Crippen LogP contribution is 2.33. The van der Waals surface area contributed by atoms with Crippen molar-refractivity contribution >= 4 is 10.8 Å². The minimum atomic E-state index is 0.863. The molecule has 0 saturated carbocycles. The van der Waals surface area contributed by atoms with E-state index >= 15 is 0 Å². The third-order valence-corrected chi connectivity index (χ3v) is 4.84. The highest BCUT2D eigenvalue weighted by atomic mass is 14.8. The van der Waals surface area contributed by atoms with E-state index in [2.05, 4.69) is 52.4 Å². The van der Waals surface area contributed by atoms with E-state index in [9.17, 15) is 0 Å². The molecule has 5 rings (SSSR count). The summed E-state index contributed by atoms with van der Waals surface area (Å²) in [6.45, 7) is 0. The van der Waals surface area contributed by atoms with E-state index in [1.807, 2.05) is 54.9 Å². The normalized spacial score (nSPS) is 10.9. The van der Waals surface area contributed by atoms with Crippen molar-refractivity contribution in [3.8, 4) is 33.8 Å². The smallest absolute Gasteiger partial charge is 0.0886 e. The summed E-state index contributed by atoms with van der Waals surface area (Å²) in [4.78, 5) is 13.8. The van der Waals surface area contributed by atoms with Gasteiger partial charge in [-0.3, -0.25) is 15.0 Å². The molecule has 0 atom stereocenters. The number of fused-ring (bicyclic) bond motifs is 1. The zero-order valence-corrected chi connectivity index (χ0v) is 15.2. The first kappa shape index (κ1) is 16.3. The fraction of sp³-hybridized carbons (Fsp3) is 0. The van der Waals surface area contributed by atoms with Crippen LogP contribution in [0.5, 0.6) is 0 Å². The first-order valence-corrected chi connectivity index (χ1v) is 9.21. The molecule has 0 N–H and O–H groups in total. The van der Waals surface area contributed by atoms with E-state index in [1.165, 1.54) is 5.39 Å². The third-order valence-electron chi connectivity index (χ3n) is 4.84. The van der Waals surface area contributed by atoms with E-state index in [-0.39, 0.29) is 0 Å². The molecule has 0 saturated heterocycles. The van der Waals surface area contributed by atoms with Crippen molar-refractivity contribution in [2.75, 3.05) is 0 Å². The predicted molar refractivity (Wildman–Crippen MR) is 114 cm³/mol. The Labute approximate surface area is 163 Å². The lowest BCUT2D eigenvalue weighted by atomic mass is 9.97. The number of aromatic nitrogens is 3. The topological polar surface area (TPSA) is 38.7 Å². The number of nitrogens with zero attached hydrogens (tertiary/aromatic N) is 3. The van der Waals surface area contributed by atoms with Crippen LogP contribution in [0.2, 0.25) is 0 Å². The maximum atomic E-state index is 4.79.